The van der Waals surface area contributed by atoms with Crippen molar-refractivity contribution in [3.63, 3.8) is 0 Å². The molecule has 1 aliphatic rings. The number of aromatic amines is 1. The summed E-state index contributed by atoms with van der Waals surface area (Å²) in [5, 5.41) is 15.6. The topological polar surface area (TPSA) is 78.0 Å². The van der Waals surface area contributed by atoms with Crippen molar-refractivity contribution in [3.05, 3.63) is 35.2 Å². The number of aromatic nitrogens is 2. The molecule has 1 saturated heterocycles. The number of carbonyl (C=O) groups excluding carboxylic acids is 1. The highest BCUT2D eigenvalue weighted by Gasteiger charge is 2.19. The molecule has 0 aliphatic carbocycles. The number of benzene rings is 1. The summed E-state index contributed by atoms with van der Waals surface area (Å²) in [5.74, 6) is 0.895. The molecule has 3 N–H and O–H groups in total. The van der Waals surface area contributed by atoms with E-state index >= 15 is 0 Å². The fourth-order valence-corrected chi connectivity index (χ4v) is 4.11. The molecule has 1 unspecified atom stereocenters. The Kier molecular flexibility index (Phi) is 4.55. The molecule has 1 fully saturated rings. The molecular formula is C19H21N3O2S. The lowest BCUT2D eigenvalue weighted by molar-refractivity contribution is 0.0975. The summed E-state index contributed by atoms with van der Waals surface area (Å²) in [4.78, 5) is 21.5. The van der Waals surface area contributed by atoms with Crippen LogP contribution in [0.5, 0.6) is 5.75 Å². The lowest BCUT2D eigenvalue weighted by Gasteiger charge is -2.23. The standard InChI is InChI=1S/C19H21N3O2S/c23-14(8-6-12-4-1-2-10-20-12)13-7-9-15(24)18-17(13)21-19(22-18)16-5-3-11-25-16/h3,5,7,9,11-12,20,24H,1-2,4,6,8,10H2,(H,21,22). The largest absolute Gasteiger partial charge is 0.506 e. The Bertz CT molecular complexity index is 880. The predicted octanol–water partition coefficient (Wildman–Crippen LogP) is 4.10. The van der Waals surface area contributed by atoms with Crippen molar-refractivity contribution in [2.24, 2.45) is 0 Å². The van der Waals surface area contributed by atoms with Gasteiger partial charge in [-0.15, -0.1) is 11.3 Å². The number of nitrogens with zero attached hydrogens (tertiary/aromatic N) is 1. The number of thiophene rings is 1. The van der Waals surface area contributed by atoms with E-state index in [1.807, 2.05) is 17.5 Å². The van der Waals surface area contributed by atoms with Gasteiger partial charge in [-0.1, -0.05) is 12.5 Å². The summed E-state index contributed by atoms with van der Waals surface area (Å²) in [6, 6.07) is 7.62. The first kappa shape index (κ1) is 16.3. The summed E-state index contributed by atoms with van der Waals surface area (Å²) in [6.07, 6.45) is 4.95. The van der Waals surface area contributed by atoms with E-state index in [0.717, 1.165) is 24.3 Å². The van der Waals surface area contributed by atoms with Crippen LogP contribution in [0.3, 0.4) is 0 Å². The Morgan fingerprint density at radius 3 is 3.00 bits per heavy atom. The smallest absolute Gasteiger partial charge is 0.165 e. The monoisotopic (exact) mass is 355 g/mol. The van der Waals surface area contributed by atoms with Crippen LogP contribution in [0.2, 0.25) is 0 Å². The number of carbonyl (C=O) groups is 1. The van der Waals surface area contributed by atoms with Crippen molar-refractivity contribution < 1.29 is 9.90 Å². The number of aromatic hydroxyl groups is 1. The summed E-state index contributed by atoms with van der Waals surface area (Å²) in [6.45, 7) is 1.05. The molecule has 3 aromatic rings. The predicted molar refractivity (Wildman–Crippen MR) is 100 cm³/mol. The van der Waals surface area contributed by atoms with Gasteiger partial charge in [-0.2, -0.15) is 0 Å². The van der Waals surface area contributed by atoms with E-state index in [2.05, 4.69) is 15.3 Å². The minimum atomic E-state index is 0.0848. The maximum atomic E-state index is 12.7. The number of phenolic OH excluding ortho intramolecular Hbond substituents is 1. The van der Waals surface area contributed by atoms with Gasteiger partial charge in [0.05, 0.1) is 4.88 Å². The Morgan fingerprint density at radius 1 is 1.32 bits per heavy atom. The third-order valence-electron chi connectivity index (χ3n) is 4.81. The lowest BCUT2D eigenvalue weighted by Crippen LogP contribution is -2.34. The van der Waals surface area contributed by atoms with Gasteiger partial charge < -0.3 is 15.4 Å². The summed E-state index contributed by atoms with van der Waals surface area (Å²) in [5.41, 5.74) is 1.68. The molecule has 6 heteroatoms. The second-order valence-electron chi connectivity index (χ2n) is 6.53. The van der Waals surface area contributed by atoms with Crippen molar-refractivity contribution >= 4 is 28.2 Å². The van der Waals surface area contributed by atoms with Crippen molar-refractivity contribution in [3.8, 4) is 16.5 Å². The molecule has 1 aromatic carbocycles. The van der Waals surface area contributed by atoms with Crippen LogP contribution in [0.1, 0.15) is 42.5 Å². The highest BCUT2D eigenvalue weighted by Crippen LogP contribution is 2.31. The van der Waals surface area contributed by atoms with Crippen molar-refractivity contribution in [2.75, 3.05) is 6.54 Å². The van der Waals surface area contributed by atoms with Gasteiger partial charge in [0.25, 0.3) is 0 Å². The number of hydrogen-bond donors (Lipinski definition) is 3. The minimum Gasteiger partial charge on any atom is -0.506 e. The normalized spacial score (nSPS) is 17.8. The van der Waals surface area contributed by atoms with Crippen LogP contribution in [-0.4, -0.2) is 33.4 Å². The van der Waals surface area contributed by atoms with Crippen LogP contribution in [0.4, 0.5) is 0 Å². The summed E-state index contributed by atoms with van der Waals surface area (Å²) >= 11 is 1.57. The molecule has 0 radical (unpaired) electrons. The number of phenols is 1. The van der Waals surface area contributed by atoms with E-state index in [1.54, 1.807) is 23.5 Å². The molecule has 0 saturated carbocycles. The fourth-order valence-electron chi connectivity index (χ4n) is 3.44. The van der Waals surface area contributed by atoms with E-state index < -0.39 is 0 Å². The first-order valence-electron chi connectivity index (χ1n) is 8.74. The second-order valence-corrected chi connectivity index (χ2v) is 7.47. The first-order chi connectivity index (χ1) is 12.2. The molecule has 1 atom stereocenters. The molecule has 0 spiro atoms. The second kappa shape index (κ2) is 6.98. The van der Waals surface area contributed by atoms with Gasteiger partial charge in [0, 0.05) is 18.0 Å². The van der Waals surface area contributed by atoms with Gasteiger partial charge in [-0.3, -0.25) is 4.79 Å². The van der Waals surface area contributed by atoms with E-state index in [0.29, 0.717) is 34.9 Å². The third-order valence-corrected chi connectivity index (χ3v) is 5.69. The Balaban J connectivity index is 1.60. The number of imidazole rings is 1. The molecular weight excluding hydrogens is 334 g/mol. The average Bonchev–Trinajstić information content (AvgIpc) is 3.30. The van der Waals surface area contributed by atoms with Gasteiger partial charge in [0.1, 0.15) is 22.6 Å². The van der Waals surface area contributed by atoms with Gasteiger partial charge in [-0.25, -0.2) is 4.98 Å². The summed E-state index contributed by atoms with van der Waals surface area (Å²) < 4.78 is 0. The van der Waals surface area contributed by atoms with E-state index in [4.69, 9.17) is 0 Å². The number of fused-ring (bicyclic) bond motifs is 1. The van der Waals surface area contributed by atoms with Gasteiger partial charge in [-0.05, 0) is 49.4 Å². The van der Waals surface area contributed by atoms with Gasteiger partial charge in [0.15, 0.2) is 5.78 Å². The van der Waals surface area contributed by atoms with Crippen LogP contribution in [0.25, 0.3) is 21.7 Å². The number of piperidine rings is 1. The molecule has 1 aliphatic heterocycles. The SMILES string of the molecule is O=C(CCC1CCCCN1)c1ccc(O)c2[nH]c(-c3cccs3)nc12. The zero-order chi connectivity index (χ0) is 17.2. The lowest BCUT2D eigenvalue weighted by atomic mass is 9.97. The zero-order valence-corrected chi connectivity index (χ0v) is 14.7. The van der Waals surface area contributed by atoms with Crippen LogP contribution < -0.4 is 5.32 Å². The highest BCUT2D eigenvalue weighted by molar-refractivity contribution is 7.13. The van der Waals surface area contributed by atoms with Gasteiger partial charge in [0.2, 0.25) is 0 Å². The Labute approximate surface area is 150 Å². The molecule has 5 nitrogen and oxygen atoms in total. The molecule has 2 aromatic heterocycles. The fraction of sp³-hybridized carbons (Fsp3) is 0.368. The zero-order valence-electron chi connectivity index (χ0n) is 13.9. The summed E-state index contributed by atoms with van der Waals surface area (Å²) in [7, 11) is 0. The minimum absolute atomic E-state index is 0.0848. The maximum absolute atomic E-state index is 12.7. The first-order valence-corrected chi connectivity index (χ1v) is 9.62. The molecule has 0 bridgehead atoms. The van der Waals surface area contributed by atoms with Gasteiger partial charge >= 0.3 is 0 Å². The van der Waals surface area contributed by atoms with Crippen LogP contribution in [-0.2, 0) is 0 Å². The highest BCUT2D eigenvalue weighted by atomic mass is 32.1. The molecule has 130 valence electrons. The van der Waals surface area contributed by atoms with E-state index in [-0.39, 0.29) is 11.5 Å². The van der Waals surface area contributed by atoms with Crippen LogP contribution >= 0.6 is 11.3 Å². The van der Waals surface area contributed by atoms with Crippen molar-refractivity contribution in [2.45, 2.75) is 38.1 Å². The average molecular weight is 355 g/mol. The quantitative estimate of drug-likeness (QED) is 0.602. The van der Waals surface area contributed by atoms with Crippen LogP contribution in [0, 0.1) is 0 Å². The number of ketones is 1. The molecule has 25 heavy (non-hydrogen) atoms. The molecule has 4 rings (SSSR count). The van der Waals surface area contributed by atoms with Crippen LogP contribution in [0.15, 0.2) is 29.6 Å². The molecule has 0 amide bonds. The number of hydrogen-bond acceptors (Lipinski definition) is 5. The number of Topliss-reactive ketones (excluding diaryl/α,β-unsaturated/α-hetero) is 1. The maximum Gasteiger partial charge on any atom is 0.165 e. The van der Waals surface area contributed by atoms with E-state index in [9.17, 15) is 9.90 Å². The van der Waals surface area contributed by atoms with Crippen molar-refractivity contribution in [1.82, 2.24) is 15.3 Å². The molecule has 3 heterocycles. The Hall–Kier alpha value is -2.18. The Morgan fingerprint density at radius 2 is 2.24 bits per heavy atom. The number of H-pyrrole nitrogens is 1. The van der Waals surface area contributed by atoms with Crippen molar-refractivity contribution in [1.29, 1.82) is 0 Å². The number of rotatable bonds is 5. The van der Waals surface area contributed by atoms with E-state index in [1.165, 1.54) is 12.8 Å². The number of nitrogens with one attached hydrogen (secondary N) is 2. The third kappa shape index (κ3) is 3.32.